The van der Waals surface area contributed by atoms with Crippen molar-refractivity contribution >= 4 is 17.7 Å². The summed E-state index contributed by atoms with van der Waals surface area (Å²) in [6.45, 7) is 5.85. The van der Waals surface area contributed by atoms with Gasteiger partial charge in [-0.1, -0.05) is 20.8 Å². The Morgan fingerprint density at radius 2 is 1.91 bits per heavy atom. The van der Waals surface area contributed by atoms with Crippen molar-refractivity contribution in [2.45, 2.75) is 51.6 Å². The topological polar surface area (TPSA) is 66.5 Å². The number of hydrogen-bond donors (Lipinski definition) is 1. The van der Waals surface area contributed by atoms with Gasteiger partial charge in [-0.25, -0.2) is 4.39 Å². The van der Waals surface area contributed by atoms with Gasteiger partial charge in [-0.15, -0.1) is 0 Å². The van der Waals surface area contributed by atoms with Crippen LogP contribution in [0.3, 0.4) is 0 Å². The quantitative estimate of drug-likeness (QED) is 0.804. The molecule has 3 rings (SSSR count). The Hall–Kier alpha value is -2.24. The first-order valence-corrected chi connectivity index (χ1v) is 7.66. The van der Waals surface area contributed by atoms with Crippen molar-refractivity contribution in [2.75, 3.05) is 0 Å². The third-order valence-electron chi connectivity index (χ3n) is 4.42. The van der Waals surface area contributed by atoms with Gasteiger partial charge >= 0.3 is 0 Å². The van der Waals surface area contributed by atoms with E-state index < -0.39 is 17.4 Å². The number of benzene rings is 1. The Morgan fingerprint density at radius 3 is 2.52 bits per heavy atom. The minimum atomic E-state index is -0.672. The molecule has 0 aliphatic carbocycles. The Bertz CT molecular complexity index is 721. The molecule has 1 fully saturated rings. The first-order valence-electron chi connectivity index (χ1n) is 7.66. The van der Waals surface area contributed by atoms with Crippen LogP contribution in [0.1, 0.15) is 55.1 Å². The minimum absolute atomic E-state index is 0.196. The molecule has 2 aliphatic heterocycles. The highest BCUT2D eigenvalue weighted by Crippen LogP contribution is 2.33. The van der Waals surface area contributed by atoms with Gasteiger partial charge in [0.1, 0.15) is 11.9 Å². The lowest BCUT2D eigenvalue weighted by molar-refractivity contribution is -0.136. The monoisotopic (exact) mass is 318 g/mol. The molecule has 0 unspecified atom stereocenters. The summed E-state index contributed by atoms with van der Waals surface area (Å²) in [7, 11) is 0. The second kappa shape index (κ2) is 5.15. The van der Waals surface area contributed by atoms with Crippen molar-refractivity contribution in [3.05, 3.63) is 34.6 Å². The third-order valence-corrected chi connectivity index (χ3v) is 4.42. The van der Waals surface area contributed by atoms with Crippen molar-refractivity contribution in [1.29, 1.82) is 0 Å². The molecular weight excluding hydrogens is 299 g/mol. The predicted octanol–water partition coefficient (Wildman–Crippen LogP) is 1.88. The molecule has 6 heteroatoms. The second-order valence-corrected chi connectivity index (χ2v) is 7.14. The summed E-state index contributed by atoms with van der Waals surface area (Å²) >= 11 is 0. The van der Waals surface area contributed by atoms with Gasteiger partial charge in [0.15, 0.2) is 0 Å². The molecule has 0 spiro atoms. The van der Waals surface area contributed by atoms with Crippen molar-refractivity contribution < 1.29 is 18.8 Å². The van der Waals surface area contributed by atoms with E-state index in [1.165, 1.54) is 11.0 Å². The molecule has 5 nitrogen and oxygen atoms in total. The predicted molar refractivity (Wildman–Crippen MR) is 81.1 cm³/mol. The molecule has 0 saturated carbocycles. The fourth-order valence-corrected chi connectivity index (χ4v) is 3.16. The molecule has 1 saturated heterocycles. The van der Waals surface area contributed by atoms with Gasteiger partial charge in [-0.3, -0.25) is 19.7 Å². The Morgan fingerprint density at radius 1 is 1.22 bits per heavy atom. The van der Waals surface area contributed by atoms with Gasteiger partial charge in [0.05, 0.1) is 0 Å². The Labute approximate surface area is 133 Å². The molecular formula is C17H19FN2O3. The number of imide groups is 1. The number of amides is 3. The maximum Gasteiger partial charge on any atom is 0.255 e. The highest BCUT2D eigenvalue weighted by molar-refractivity contribution is 6.05. The second-order valence-electron chi connectivity index (χ2n) is 7.14. The highest BCUT2D eigenvalue weighted by atomic mass is 19.1. The lowest BCUT2D eigenvalue weighted by Crippen LogP contribution is -2.52. The average Bonchev–Trinajstić information content (AvgIpc) is 2.73. The van der Waals surface area contributed by atoms with Crippen molar-refractivity contribution in [2.24, 2.45) is 0 Å². The van der Waals surface area contributed by atoms with Gasteiger partial charge in [-0.2, -0.15) is 0 Å². The smallest absolute Gasteiger partial charge is 0.255 e. The van der Waals surface area contributed by atoms with Crippen LogP contribution < -0.4 is 5.32 Å². The van der Waals surface area contributed by atoms with Crippen LogP contribution in [-0.4, -0.2) is 28.7 Å². The number of fused-ring (bicyclic) bond motifs is 1. The summed E-state index contributed by atoms with van der Waals surface area (Å²) < 4.78 is 14.3. The van der Waals surface area contributed by atoms with Crippen LogP contribution in [0, 0.1) is 5.82 Å². The number of piperidine rings is 1. The van der Waals surface area contributed by atoms with E-state index in [2.05, 4.69) is 5.32 Å². The minimum Gasteiger partial charge on any atom is -0.322 e. The van der Waals surface area contributed by atoms with E-state index in [4.69, 9.17) is 0 Å². The molecule has 1 aromatic carbocycles. The number of nitrogens with zero attached hydrogens (tertiary/aromatic N) is 1. The van der Waals surface area contributed by atoms with Crippen LogP contribution in [0.5, 0.6) is 0 Å². The zero-order chi connectivity index (χ0) is 16.9. The number of rotatable bonds is 1. The van der Waals surface area contributed by atoms with Crippen LogP contribution in [0.15, 0.2) is 12.1 Å². The molecule has 0 aromatic heterocycles. The summed E-state index contributed by atoms with van der Waals surface area (Å²) in [6.07, 6.45) is 0.511. The van der Waals surface area contributed by atoms with Gasteiger partial charge in [0.25, 0.3) is 5.91 Å². The van der Waals surface area contributed by atoms with Crippen molar-refractivity contribution in [1.82, 2.24) is 10.2 Å². The molecule has 1 atom stereocenters. The highest BCUT2D eigenvalue weighted by Gasteiger charge is 2.40. The number of halogens is 1. The number of carbonyl (C=O) groups is 3. The standard InChI is InChI=1S/C17H19FN2O3/c1-17(2,3)11-7-10-9(6-12(11)18)8-20(16(10)23)13-4-5-14(21)19-15(13)22/h6-7,13H,4-5,8H2,1-3H3,(H,19,21,22)/t13-/m0/s1. The summed E-state index contributed by atoms with van der Waals surface area (Å²) in [4.78, 5) is 37.3. The zero-order valence-corrected chi connectivity index (χ0v) is 13.4. The Kier molecular flexibility index (Phi) is 3.50. The summed E-state index contributed by atoms with van der Waals surface area (Å²) in [5.74, 6) is -1.40. The largest absolute Gasteiger partial charge is 0.322 e. The lowest BCUT2D eigenvalue weighted by Gasteiger charge is -2.29. The first-order chi connectivity index (χ1) is 10.7. The van der Waals surface area contributed by atoms with E-state index in [0.717, 1.165) is 0 Å². The molecule has 0 bridgehead atoms. The molecule has 1 aromatic rings. The van der Waals surface area contributed by atoms with Crippen LogP contribution in [-0.2, 0) is 21.5 Å². The number of carbonyl (C=O) groups excluding carboxylic acids is 3. The van der Waals surface area contributed by atoms with E-state index in [1.807, 2.05) is 20.8 Å². The van der Waals surface area contributed by atoms with Crippen LogP contribution in [0.25, 0.3) is 0 Å². The van der Waals surface area contributed by atoms with Crippen molar-refractivity contribution in [3.8, 4) is 0 Å². The van der Waals surface area contributed by atoms with E-state index >= 15 is 0 Å². The summed E-state index contributed by atoms with van der Waals surface area (Å²) in [5, 5.41) is 2.25. The molecule has 1 N–H and O–H groups in total. The van der Waals surface area contributed by atoms with Gasteiger partial charge < -0.3 is 4.90 Å². The fourth-order valence-electron chi connectivity index (χ4n) is 3.16. The maximum absolute atomic E-state index is 14.3. The van der Waals surface area contributed by atoms with Gasteiger partial charge in [0.2, 0.25) is 11.8 Å². The maximum atomic E-state index is 14.3. The molecule has 2 aliphatic rings. The molecule has 122 valence electrons. The Balaban J connectivity index is 1.94. The summed E-state index contributed by atoms with van der Waals surface area (Å²) in [5.41, 5.74) is 1.10. The van der Waals surface area contributed by atoms with Crippen LogP contribution >= 0.6 is 0 Å². The zero-order valence-electron chi connectivity index (χ0n) is 13.4. The fraction of sp³-hybridized carbons (Fsp3) is 0.471. The first kappa shape index (κ1) is 15.6. The number of nitrogens with one attached hydrogen (secondary N) is 1. The molecule has 2 heterocycles. The van der Waals surface area contributed by atoms with E-state index in [9.17, 15) is 18.8 Å². The van der Waals surface area contributed by atoms with Crippen LogP contribution in [0.2, 0.25) is 0 Å². The van der Waals surface area contributed by atoms with Gasteiger partial charge in [-0.05, 0) is 35.1 Å². The van der Waals surface area contributed by atoms with E-state index in [-0.39, 0.29) is 30.6 Å². The van der Waals surface area contributed by atoms with Gasteiger partial charge in [0, 0.05) is 18.5 Å². The SMILES string of the molecule is CC(C)(C)c1cc2c(cc1F)CN([C@H]1CCC(=O)NC1=O)C2=O. The van der Waals surface area contributed by atoms with E-state index in [0.29, 0.717) is 23.1 Å². The molecule has 23 heavy (non-hydrogen) atoms. The molecule has 3 amide bonds. The average molecular weight is 318 g/mol. The summed E-state index contributed by atoms with van der Waals surface area (Å²) in [6, 6.07) is 2.31. The number of hydrogen-bond acceptors (Lipinski definition) is 3. The van der Waals surface area contributed by atoms with Crippen LogP contribution in [0.4, 0.5) is 4.39 Å². The van der Waals surface area contributed by atoms with Crippen molar-refractivity contribution in [3.63, 3.8) is 0 Å². The normalized spacial score (nSPS) is 21.5. The van der Waals surface area contributed by atoms with E-state index in [1.54, 1.807) is 6.07 Å². The third kappa shape index (κ3) is 2.62. The molecule has 0 radical (unpaired) electrons. The lowest BCUT2D eigenvalue weighted by atomic mass is 9.85.